The van der Waals surface area contributed by atoms with Crippen molar-refractivity contribution < 1.29 is 17.6 Å². The van der Waals surface area contributed by atoms with Gasteiger partial charge in [0, 0.05) is 31.6 Å². The Morgan fingerprint density at radius 2 is 2.21 bits per heavy atom. The maximum atomic E-state index is 13.2. The molecule has 1 aliphatic rings. The maximum absolute atomic E-state index is 13.2. The summed E-state index contributed by atoms with van der Waals surface area (Å²) in [5.41, 5.74) is 5.51. The molecule has 1 aromatic carbocycles. The van der Waals surface area contributed by atoms with E-state index in [1.165, 1.54) is 18.2 Å². The van der Waals surface area contributed by atoms with E-state index in [-0.39, 0.29) is 41.7 Å². The number of carbonyl (C=O) groups is 1. The van der Waals surface area contributed by atoms with Gasteiger partial charge in [-0.05, 0) is 31.0 Å². The lowest BCUT2D eigenvalue weighted by molar-refractivity contribution is -0.135. The fourth-order valence-electron chi connectivity index (χ4n) is 2.61. The molecule has 1 fully saturated rings. The zero-order valence-electron chi connectivity index (χ0n) is 13.4. The molecule has 1 aromatic rings. The van der Waals surface area contributed by atoms with E-state index in [1.54, 1.807) is 11.8 Å². The van der Waals surface area contributed by atoms with Crippen molar-refractivity contribution in [1.29, 1.82) is 0 Å². The summed E-state index contributed by atoms with van der Waals surface area (Å²) < 4.78 is 40.4. The van der Waals surface area contributed by atoms with Crippen molar-refractivity contribution in [2.75, 3.05) is 19.6 Å². The standard InChI is InChI=1S/C15H22FN3O3S.ClH/c1-11(9-17)15(20)19-7-3-5-13(10-19)18-23(21,22)14-6-2-4-12(16)8-14;/h2,4,6,8,11,13,18H,3,5,7,9-10,17H2,1H3;1H. The molecule has 3 N–H and O–H groups in total. The van der Waals surface area contributed by atoms with Crippen LogP contribution in [0.25, 0.3) is 0 Å². The van der Waals surface area contributed by atoms with Crippen LogP contribution in [-0.4, -0.2) is 44.9 Å². The molecular weight excluding hydrogens is 357 g/mol. The highest BCUT2D eigenvalue weighted by atomic mass is 35.5. The number of hydrogen-bond acceptors (Lipinski definition) is 4. The zero-order chi connectivity index (χ0) is 17.0. The number of rotatable bonds is 5. The summed E-state index contributed by atoms with van der Waals surface area (Å²) in [6.45, 7) is 2.91. The number of hydrogen-bond donors (Lipinski definition) is 2. The van der Waals surface area contributed by atoms with E-state index in [0.29, 0.717) is 25.9 Å². The summed E-state index contributed by atoms with van der Waals surface area (Å²) in [5, 5.41) is 0. The second kappa shape index (κ2) is 8.75. The number of piperidine rings is 1. The number of nitrogens with two attached hydrogens (primary N) is 1. The van der Waals surface area contributed by atoms with Crippen LogP contribution in [0.15, 0.2) is 29.2 Å². The van der Waals surface area contributed by atoms with Gasteiger partial charge in [-0.15, -0.1) is 12.4 Å². The lowest BCUT2D eigenvalue weighted by Crippen LogP contribution is -2.51. The average molecular weight is 380 g/mol. The molecule has 136 valence electrons. The van der Waals surface area contributed by atoms with Crippen LogP contribution < -0.4 is 10.5 Å². The molecule has 9 heteroatoms. The number of nitrogens with zero attached hydrogens (tertiary/aromatic N) is 1. The van der Waals surface area contributed by atoms with Gasteiger partial charge in [0.25, 0.3) is 0 Å². The van der Waals surface area contributed by atoms with E-state index in [2.05, 4.69) is 4.72 Å². The fraction of sp³-hybridized carbons (Fsp3) is 0.533. The maximum Gasteiger partial charge on any atom is 0.240 e. The first kappa shape index (κ1) is 20.8. The Morgan fingerprint density at radius 1 is 1.50 bits per heavy atom. The second-order valence-corrected chi connectivity index (χ2v) is 7.55. The Hall–Kier alpha value is -1.22. The van der Waals surface area contributed by atoms with Crippen LogP contribution in [-0.2, 0) is 14.8 Å². The third-order valence-electron chi connectivity index (χ3n) is 3.94. The number of nitrogens with one attached hydrogen (secondary N) is 1. The quantitative estimate of drug-likeness (QED) is 0.801. The minimum atomic E-state index is -3.81. The molecule has 0 aliphatic carbocycles. The Balaban J connectivity index is 0.00000288. The van der Waals surface area contributed by atoms with Gasteiger partial charge in [-0.2, -0.15) is 0 Å². The molecule has 1 heterocycles. The van der Waals surface area contributed by atoms with Crippen molar-refractivity contribution in [3.63, 3.8) is 0 Å². The van der Waals surface area contributed by atoms with Crippen LogP contribution in [0.1, 0.15) is 19.8 Å². The molecule has 1 aliphatic heterocycles. The van der Waals surface area contributed by atoms with E-state index in [1.807, 2.05) is 0 Å². The number of sulfonamides is 1. The van der Waals surface area contributed by atoms with Crippen LogP contribution in [0, 0.1) is 11.7 Å². The summed E-state index contributed by atoms with van der Waals surface area (Å²) in [6, 6.07) is 4.47. The van der Waals surface area contributed by atoms with E-state index < -0.39 is 15.8 Å². The monoisotopic (exact) mass is 379 g/mol. The minimum absolute atomic E-state index is 0. The molecule has 0 aromatic heterocycles. The van der Waals surface area contributed by atoms with Gasteiger partial charge in [0.1, 0.15) is 5.82 Å². The van der Waals surface area contributed by atoms with Crippen molar-refractivity contribution in [3.05, 3.63) is 30.1 Å². The summed E-state index contributed by atoms with van der Waals surface area (Å²) in [7, 11) is -3.81. The normalized spacial score (nSPS) is 19.5. The first-order valence-electron chi connectivity index (χ1n) is 7.60. The van der Waals surface area contributed by atoms with Gasteiger partial charge in [0.15, 0.2) is 0 Å². The number of benzene rings is 1. The Kier molecular flexibility index (Phi) is 7.59. The topological polar surface area (TPSA) is 92.5 Å². The van der Waals surface area contributed by atoms with E-state index >= 15 is 0 Å². The molecule has 2 unspecified atom stereocenters. The largest absolute Gasteiger partial charge is 0.341 e. The van der Waals surface area contributed by atoms with E-state index in [9.17, 15) is 17.6 Å². The highest BCUT2D eigenvalue weighted by Gasteiger charge is 2.29. The number of amides is 1. The second-order valence-electron chi connectivity index (χ2n) is 5.84. The molecule has 0 saturated carbocycles. The molecule has 1 amide bonds. The summed E-state index contributed by atoms with van der Waals surface area (Å²) in [6.07, 6.45) is 1.34. The van der Waals surface area contributed by atoms with Gasteiger partial charge in [0.05, 0.1) is 4.90 Å². The lowest BCUT2D eigenvalue weighted by Gasteiger charge is -2.34. The Morgan fingerprint density at radius 3 is 2.83 bits per heavy atom. The van der Waals surface area contributed by atoms with Crippen LogP contribution in [0.4, 0.5) is 4.39 Å². The Bertz CT molecular complexity index is 672. The smallest absolute Gasteiger partial charge is 0.240 e. The average Bonchev–Trinajstić information content (AvgIpc) is 2.53. The van der Waals surface area contributed by atoms with Crippen molar-refractivity contribution in [3.8, 4) is 0 Å². The van der Waals surface area contributed by atoms with Crippen molar-refractivity contribution >= 4 is 28.3 Å². The number of halogens is 2. The number of likely N-dealkylation sites (tertiary alicyclic amines) is 1. The van der Waals surface area contributed by atoms with Crippen LogP contribution >= 0.6 is 12.4 Å². The lowest BCUT2D eigenvalue weighted by atomic mass is 10.0. The first-order valence-corrected chi connectivity index (χ1v) is 9.08. The fourth-order valence-corrected chi connectivity index (χ4v) is 3.90. The molecule has 0 bridgehead atoms. The summed E-state index contributed by atoms with van der Waals surface area (Å²) in [4.78, 5) is 13.7. The molecule has 6 nitrogen and oxygen atoms in total. The van der Waals surface area contributed by atoms with Crippen LogP contribution in [0.2, 0.25) is 0 Å². The minimum Gasteiger partial charge on any atom is -0.341 e. The summed E-state index contributed by atoms with van der Waals surface area (Å²) in [5.74, 6) is -0.958. The van der Waals surface area contributed by atoms with Crippen molar-refractivity contribution in [2.45, 2.75) is 30.7 Å². The first-order chi connectivity index (χ1) is 10.8. The van der Waals surface area contributed by atoms with Gasteiger partial charge in [-0.25, -0.2) is 17.5 Å². The van der Waals surface area contributed by atoms with Crippen molar-refractivity contribution in [2.24, 2.45) is 11.7 Å². The summed E-state index contributed by atoms with van der Waals surface area (Å²) >= 11 is 0. The van der Waals surface area contributed by atoms with Gasteiger partial charge >= 0.3 is 0 Å². The van der Waals surface area contributed by atoms with Gasteiger partial charge in [-0.1, -0.05) is 13.0 Å². The van der Waals surface area contributed by atoms with Gasteiger partial charge in [0.2, 0.25) is 15.9 Å². The third kappa shape index (κ3) is 5.14. The van der Waals surface area contributed by atoms with E-state index in [4.69, 9.17) is 5.73 Å². The van der Waals surface area contributed by atoms with E-state index in [0.717, 1.165) is 6.07 Å². The predicted molar refractivity (Wildman–Crippen MR) is 91.8 cm³/mol. The predicted octanol–water partition coefficient (Wildman–Crippen LogP) is 1.11. The highest BCUT2D eigenvalue weighted by Crippen LogP contribution is 2.17. The SMILES string of the molecule is CC(CN)C(=O)N1CCCC(NS(=O)(=O)c2cccc(F)c2)C1.Cl. The highest BCUT2D eigenvalue weighted by molar-refractivity contribution is 7.89. The Labute approximate surface area is 148 Å². The van der Waals surface area contributed by atoms with Crippen LogP contribution in [0.3, 0.4) is 0 Å². The van der Waals surface area contributed by atoms with Crippen LogP contribution in [0.5, 0.6) is 0 Å². The number of carbonyl (C=O) groups excluding carboxylic acids is 1. The molecule has 1 saturated heterocycles. The van der Waals surface area contributed by atoms with Gasteiger partial charge in [-0.3, -0.25) is 4.79 Å². The molecular formula is C15H23ClFN3O3S. The van der Waals surface area contributed by atoms with Gasteiger partial charge < -0.3 is 10.6 Å². The molecule has 2 rings (SSSR count). The molecule has 2 atom stereocenters. The third-order valence-corrected chi connectivity index (χ3v) is 5.45. The molecule has 0 spiro atoms. The molecule has 24 heavy (non-hydrogen) atoms. The molecule has 0 radical (unpaired) electrons. The zero-order valence-corrected chi connectivity index (χ0v) is 15.1. The van der Waals surface area contributed by atoms with Crippen molar-refractivity contribution in [1.82, 2.24) is 9.62 Å².